The van der Waals surface area contributed by atoms with Gasteiger partial charge in [0, 0.05) is 10.6 Å². The van der Waals surface area contributed by atoms with Crippen molar-refractivity contribution in [3.63, 3.8) is 0 Å². The quantitative estimate of drug-likeness (QED) is 0.867. The first-order chi connectivity index (χ1) is 6.93. The van der Waals surface area contributed by atoms with Gasteiger partial charge < -0.3 is 5.11 Å². The van der Waals surface area contributed by atoms with Crippen LogP contribution < -0.4 is 0 Å². The molecule has 1 atom stereocenters. The van der Waals surface area contributed by atoms with Crippen LogP contribution in [0, 0.1) is 5.82 Å². The molecule has 3 nitrogen and oxygen atoms in total. The first kappa shape index (κ1) is 11.9. The molecular formula is C10H11ClFNO2. The van der Waals surface area contributed by atoms with Crippen LogP contribution in [0.3, 0.4) is 0 Å². The summed E-state index contributed by atoms with van der Waals surface area (Å²) < 4.78 is 13.4. The molecular weight excluding hydrogens is 221 g/mol. The smallest absolute Gasteiger partial charge is 0.325 e. The maximum atomic E-state index is 13.4. The molecule has 0 aliphatic carbocycles. The highest BCUT2D eigenvalue weighted by atomic mass is 35.5. The second kappa shape index (κ2) is 4.59. The summed E-state index contributed by atoms with van der Waals surface area (Å²) in [6.45, 7) is 0. The average Bonchev–Trinajstić information content (AvgIpc) is 2.08. The first-order valence-electron chi connectivity index (χ1n) is 4.27. The lowest BCUT2D eigenvalue weighted by atomic mass is 10.1. The molecule has 0 radical (unpaired) electrons. The summed E-state index contributed by atoms with van der Waals surface area (Å²) in [6, 6.07) is 2.97. The Morgan fingerprint density at radius 3 is 2.53 bits per heavy atom. The van der Waals surface area contributed by atoms with Gasteiger partial charge in [-0.15, -0.1) is 0 Å². The zero-order valence-corrected chi connectivity index (χ0v) is 9.12. The van der Waals surface area contributed by atoms with E-state index in [-0.39, 0.29) is 10.6 Å². The molecule has 5 heteroatoms. The molecule has 0 saturated heterocycles. The third kappa shape index (κ3) is 2.67. The minimum absolute atomic E-state index is 0.108. The number of aliphatic carboxylic acids is 1. The first-order valence-corrected chi connectivity index (χ1v) is 4.65. The summed E-state index contributed by atoms with van der Waals surface area (Å²) in [5, 5.41) is 9.20. The number of carboxylic acids is 1. The molecule has 1 rings (SSSR count). The van der Waals surface area contributed by atoms with Crippen LogP contribution in [-0.4, -0.2) is 30.1 Å². The minimum Gasteiger partial charge on any atom is -0.480 e. The predicted molar refractivity (Wildman–Crippen MR) is 55.5 cm³/mol. The largest absolute Gasteiger partial charge is 0.480 e. The number of likely N-dealkylation sites (N-methyl/N-ethyl adjacent to an activating group) is 1. The molecule has 82 valence electrons. The Morgan fingerprint density at radius 2 is 2.13 bits per heavy atom. The topological polar surface area (TPSA) is 40.5 Å². The Labute approximate surface area is 92.1 Å². The van der Waals surface area contributed by atoms with Gasteiger partial charge in [-0.1, -0.05) is 17.7 Å². The number of nitrogens with zero attached hydrogens (tertiary/aromatic N) is 1. The van der Waals surface area contributed by atoms with E-state index < -0.39 is 17.8 Å². The molecule has 15 heavy (non-hydrogen) atoms. The predicted octanol–water partition coefficient (Wildman–Crippen LogP) is 2.17. The van der Waals surface area contributed by atoms with Gasteiger partial charge in [0.1, 0.15) is 11.9 Å². The van der Waals surface area contributed by atoms with Gasteiger partial charge >= 0.3 is 5.97 Å². The summed E-state index contributed by atoms with van der Waals surface area (Å²) in [7, 11) is 3.15. The van der Waals surface area contributed by atoms with Gasteiger partial charge in [0.2, 0.25) is 0 Å². The number of benzene rings is 1. The number of rotatable bonds is 3. The van der Waals surface area contributed by atoms with E-state index in [2.05, 4.69) is 0 Å². The number of carbonyl (C=O) groups is 1. The molecule has 0 amide bonds. The lowest BCUT2D eigenvalue weighted by Crippen LogP contribution is -2.28. The van der Waals surface area contributed by atoms with Crippen molar-refractivity contribution in [2.45, 2.75) is 6.04 Å². The maximum Gasteiger partial charge on any atom is 0.325 e. The Morgan fingerprint density at radius 1 is 1.53 bits per heavy atom. The fourth-order valence-corrected chi connectivity index (χ4v) is 1.51. The summed E-state index contributed by atoms with van der Waals surface area (Å²) in [5.41, 5.74) is 0.108. The van der Waals surface area contributed by atoms with Crippen molar-refractivity contribution in [2.24, 2.45) is 0 Å². The van der Waals surface area contributed by atoms with Crippen LogP contribution in [0.5, 0.6) is 0 Å². The molecule has 1 unspecified atom stereocenters. The molecule has 1 aromatic carbocycles. The zero-order chi connectivity index (χ0) is 11.6. The van der Waals surface area contributed by atoms with Gasteiger partial charge in [0.05, 0.1) is 0 Å². The molecule has 1 aromatic rings. The van der Waals surface area contributed by atoms with Gasteiger partial charge in [0.25, 0.3) is 0 Å². The van der Waals surface area contributed by atoms with Gasteiger partial charge in [-0.2, -0.15) is 0 Å². The van der Waals surface area contributed by atoms with Crippen molar-refractivity contribution in [3.8, 4) is 0 Å². The van der Waals surface area contributed by atoms with E-state index in [4.69, 9.17) is 16.7 Å². The fourth-order valence-electron chi connectivity index (χ4n) is 1.36. The van der Waals surface area contributed by atoms with Gasteiger partial charge in [-0.05, 0) is 26.2 Å². The molecule has 0 aliphatic rings. The Hall–Kier alpha value is -1.13. The van der Waals surface area contributed by atoms with Crippen molar-refractivity contribution in [1.82, 2.24) is 4.90 Å². The van der Waals surface area contributed by atoms with Crippen LogP contribution >= 0.6 is 11.6 Å². The molecule has 0 spiro atoms. The SMILES string of the molecule is CN(C)C(C(=O)O)c1ccc(Cl)cc1F. The summed E-state index contributed by atoms with van der Waals surface area (Å²) in [5.74, 6) is -1.70. The summed E-state index contributed by atoms with van der Waals surface area (Å²) in [4.78, 5) is 12.4. The third-order valence-electron chi connectivity index (χ3n) is 2.01. The second-order valence-corrected chi connectivity index (χ2v) is 3.81. The van der Waals surface area contributed by atoms with Crippen molar-refractivity contribution < 1.29 is 14.3 Å². The highest BCUT2D eigenvalue weighted by molar-refractivity contribution is 6.30. The van der Waals surface area contributed by atoms with Crippen molar-refractivity contribution in [3.05, 3.63) is 34.6 Å². The highest BCUT2D eigenvalue weighted by Crippen LogP contribution is 2.24. The number of halogens is 2. The third-order valence-corrected chi connectivity index (χ3v) is 2.24. The number of hydrogen-bond acceptors (Lipinski definition) is 2. The van der Waals surface area contributed by atoms with Crippen LogP contribution in [0.2, 0.25) is 5.02 Å². The summed E-state index contributed by atoms with van der Waals surface area (Å²) >= 11 is 5.58. The van der Waals surface area contributed by atoms with E-state index >= 15 is 0 Å². The van der Waals surface area contributed by atoms with Gasteiger partial charge in [0.15, 0.2) is 0 Å². The lowest BCUT2D eigenvalue weighted by molar-refractivity contribution is -0.142. The molecule has 0 bridgehead atoms. The van der Waals surface area contributed by atoms with E-state index in [0.717, 1.165) is 6.07 Å². The molecule has 0 aromatic heterocycles. The van der Waals surface area contributed by atoms with Crippen molar-refractivity contribution >= 4 is 17.6 Å². The monoisotopic (exact) mass is 231 g/mol. The average molecular weight is 232 g/mol. The fraction of sp³-hybridized carbons (Fsp3) is 0.300. The van der Waals surface area contributed by atoms with Gasteiger partial charge in [-0.25, -0.2) is 4.39 Å². The number of carboxylic acid groups (broad SMARTS) is 1. The normalized spacial score (nSPS) is 12.9. The molecule has 0 heterocycles. The Kier molecular flexibility index (Phi) is 3.66. The number of hydrogen-bond donors (Lipinski definition) is 1. The maximum absolute atomic E-state index is 13.4. The van der Waals surface area contributed by atoms with Crippen LogP contribution in [0.1, 0.15) is 11.6 Å². The van der Waals surface area contributed by atoms with Crippen LogP contribution in [-0.2, 0) is 4.79 Å². The molecule has 0 saturated carbocycles. The molecule has 0 aliphatic heterocycles. The second-order valence-electron chi connectivity index (χ2n) is 3.37. The van der Waals surface area contributed by atoms with Crippen LogP contribution in [0.15, 0.2) is 18.2 Å². The standard InChI is InChI=1S/C10H11ClFNO2/c1-13(2)9(10(14)15)7-4-3-6(11)5-8(7)12/h3-5,9H,1-2H3,(H,14,15). The van der Waals surface area contributed by atoms with E-state index in [1.807, 2.05) is 0 Å². The van der Waals surface area contributed by atoms with Crippen molar-refractivity contribution in [2.75, 3.05) is 14.1 Å². The van der Waals surface area contributed by atoms with E-state index in [9.17, 15) is 9.18 Å². The van der Waals surface area contributed by atoms with Crippen LogP contribution in [0.4, 0.5) is 4.39 Å². The van der Waals surface area contributed by atoms with E-state index in [1.54, 1.807) is 14.1 Å². The molecule has 0 fully saturated rings. The van der Waals surface area contributed by atoms with E-state index in [0.29, 0.717) is 0 Å². The van der Waals surface area contributed by atoms with Crippen LogP contribution in [0.25, 0.3) is 0 Å². The Balaban J connectivity index is 3.17. The molecule has 1 N–H and O–H groups in total. The Bertz CT molecular complexity index is 382. The minimum atomic E-state index is -1.10. The highest BCUT2D eigenvalue weighted by Gasteiger charge is 2.25. The van der Waals surface area contributed by atoms with E-state index in [1.165, 1.54) is 17.0 Å². The summed E-state index contributed by atoms with van der Waals surface area (Å²) in [6.07, 6.45) is 0. The lowest BCUT2D eigenvalue weighted by Gasteiger charge is -2.20. The van der Waals surface area contributed by atoms with Gasteiger partial charge in [-0.3, -0.25) is 9.69 Å². The van der Waals surface area contributed by atoms with Crippen molar-refractivity contribution in [1.29, 1.82) is 0 Å². The zero-order valence-electron chi connectivity index (χ0n) is 8.37.